The average Bonchev–Trinajstić information content (AvgIpc) is 3.12. The number of hydrogen-bond acceptors (Lipinski definition) is 7. The SMILES string of the molecule is C[C@@H]1CN(Cc2nc(-c3ccoc3)no2)CCN1C[C@@H](C)O. The van der Waals surface area contributed by atoms with Gasteiger partial charge < -0.3 is 14.0 Å². The van der Waals surface area contributed by atoms with Crippen LogP contribution in [0.15, 0.2) is 27.5 Å². The molecule has 7 nitrogen and oxygen atoms in total. The predicted molar refractivity (Wildman–Crippen MR) is 80.0 cm³/mol. The van der Waals surface area contributed by atoms with Gasteiger partial charge in [-0.15, -0.1) is 0 Å². The van der Waals surface area contributed by atoms with Crippen LogP contribution in [0.4, 0.5) is 0 Å². The lowest BCUT2D eigenvalue weighted by Gasteiger charge is -2.39. The molecule has 3 rings (SSSR count). The highest BCUT2D eigenvalue weighted by atomic mass is 16.5. The zero-order chi connectivity index (χ0) is 15.5. The fourth-order valence-electron chi connectivity index (χ4n) is 2.84. The van der Waals surface area contributed by atoms with Crippen molar-refractivity contribution in [2.45, 2.75) is 32.5 Å². The Morgan fingerprint density at radius 2 is 2.32 bits per heavy atom. The standard InChI is InChI=1S/C15H22N4O3/c1-11-7-18(4-5-19(11)8-12(2)20)9-14-16-15(17-22-14)13-3-6-21-10-13/h3,6,10-12,20H,4-5,7-9H2,1-2H3/t11-,12-/m1/s1. The number of furan rings is 1. The van der Waals surface area contributed by atoms with Crippen molar-refractivity contribution in [1.82, 2.24) is 19.9 Å². The number of β-amino-alcohol motifs (C(OH)–C–C–N with tert-alkyl or cyclic N) is 1. The largest absolute Gasteiger partial charge is 0.472 e. The quantitative estimate of drug-likeness (QED) is 0.889. The molecule has 1 fully saturated rings. The van der Waals surface area contributed by atoms with Gasteiger partial charge in [-0.25, -0.2) is 0 Å². The number of aliphatic hydroxyl groups excluding tert-OH is 1. The molecular formula is C15H22N4O3. The molecule has 1 aliphatic rings. The molecule has 2 aromatic rings. The summed E-state index contributed by atoms with van der Waals surface area (Å²) in [6.45, 7) is 8.18. The van der Waals surface area contributed by atoms with Crippen molar-refractivity contribution in [3.05, 3.63) is 24.5 Å². The van der Waals surface area contributed by atoms with Gasteiger partial charge in [-0.05, 0) is 19.9 Å². The van der Waals surface area contributed by atoms with Gasteiger partial charge in [0.1, 0.15) is 6.26 Å². The van der Waals surface area contributed by atoms with Crippen LogP contribution in [0.2, 0.25) is 0 Å². The highest BCUT2D eigenvalue weighted by Gasteiger charge is 2.25. The zero-order valence-electron chi connectivity index (χ0n) is 13.0. The van der Waals surface area contributed by atoms with Crippen molar-refractivity contribution in [2.24, 2.45) is 0 Å². The molecule has 120 valence electrons. The minimum absolute atomic E-state index is 0.289. The molecule has 1 aliphatic heterocycles. The minimum atomic E-state index is -0.289. The summed E-state index contributed by atoms with van der Waals surface area (Å²) in [4.78, 5) is 9.02. The number of piperazine rings is 1. The second-order valence-corrected chi connectivity index (χ2v) is 5.95. The molecule has 0 unspecified atom stereocenters. The fourth-order valence-corrected chi connectivity index (χ4v) is 2.84. The highest BCUT2D eigenvalue weighted by Crippen LogP contribution is 2.17. The lowest BCUT2D eigenvalue weighted by Crippen LogP contribution is -2.53. The molecule has 1 saturated heterocycles. The van der Waals surface area contributed by atoms with E-state index in [0.717, 1.165) is 31.7 Å². The highest BCUT2D eigenvalue weighted by molar-refractivity contribution is 5.51. The lowest BCUT2D eigenvalue weighted by molar-refractivity contribution is 0.0385. The summed E-state index contributed by atoms with van der Waals surface area (Å²) >= 11 is 0. The minimum Gasteiger partial charge on any atom is -0.472 e. The second kappa shape index (κ2) is 6.60. The van der Waals surface area contributed by atoms with Gasteiger partial charge in [0.15, 0.2) is 0 Å². The van der Waals surface area contributed by atoms with Crippen LogP contribution in [0.25, 0.3) is 11.4 Å². The second-order valence-electron chi connectivity index (χ2n) is 5.95. The van der Waals surface area contributed by atoms with Gasteiger partial charge >= 0.3 is 0 Å². The van der Waals surface area contributed by atoms with Gasteiger partial charge in [0.05, 0.1) is 24.5 Å². The molecular weight excluding hydrogens is 284 g/mol. The summed E-state index contributed by atoms with van der Waals surface area (Å²) < 4.78 is 10.3. The monoisotopic (exact) mass is 306 g/mol. The molecule has 1 N–H and O–H groups in total. The maximum Gasteiger partial charge on any atom is 0.241 e. The molecule has 0 saturated carbocycles. The van der Waals surface area contributed by atoms with E-state index in [-0.39, 0.29) is 6.10 Å². The van der Waals surface area contributed by atoms with Crippen LogP contribution in [-0.2, 0) is 6.54 Å². The Morgan fingerprint density at radius 3 is 3.00 bits per heavy atom. The molecule has 0 spiro atoms. The van der Waals surface area contributed by atoms with Gasteiger partial charge in [0.25, 0.3) is 0 Å². The average molecular weight is 306 g/mol. The third kappa shape index (κ3) is 3.55. The topological polar surface area (TPSA) is 78.8 Å². The molecule has 0 aliphatic carbocycles. The van der Waals surface area contributed by atoms with E-state index in [9.17, 15) is 5.11 Å². The molecule has 0 bridgehead atoms. The first kappa shape index (κ1) is 15.2. The van der Waals surface area contributed by atoms with Crippen molar-refractivity contribution in [3.63, 3.8) is 0 Å². The van der Waals surface area contributed by atoms with Crippen LogP contribution >= 0.6 is 0 Å². The van der Waals surface area contributed by atoms with Crippen LogP contribution in [-0.4, -0.2) is 63.4 Å². The summed E-state index contributed by atoms with van der Waals surface area (Å²) in [5.74, 6) is 1.18. The summed E-state index contributed by atoms with van der Waals surface area (Å²) in [5, 5.41) is 13.5. The van der Waals surface area contributed by atoms with E-state index in [1.54, 1.807) is 12.5 Å². The Bertz CT molecular complexity index is 581. The Kier molecular flexibility index (Phi) is 4.56. The zero-order valence-corrected chi connectivity index (χ0v) is 13.0. The van der Waals surface area contributed by atoms with Crippen LogP contribution < -0.4 is 0 Å². The molecule has 2 aromatic heterocycles. The Hall–Kier alpha value is -1.70. The first-order chi connectivity index (χ1) is 10.6. The van der Waals surface area contributed by atoms with Crippen LogP contribution in [0.1, 0.15) is 19.7 Å². The Balaban J connectivity index is 1.56. The fraction of sp³-hybridized carbons (Fsp3) is 0.600. The van der Waals surface area contributed by atoms with Crippen molar-refractivity contribution in [3.8, 4) is 11.4 Å². The molecule has 0 aromatic carbocycles. The maximum absolute atomic E-state index is 9.52. The molecule has 22 heavy (non-hydrogen) atoms. The van der Waals surface area contributed by atoms with Gasteiger partial charge in [-0.1, -0.05) is 5.16 Å². The van der Waals surface area contributed by atoms with E-state index in [0.29, 0.717) is 24.3 Å². The number of nitrogens with zero attached hydrogens (tertiary/aromatic N) is 4. The summed E-state index contributed by atoms with van der Waals surface area (Å²) in [5.41, 5.74) is 0.824. The lowest BCUT2D eigenvalue weighted by atomic mass is 10.1. The summed E-state index contributed by atoms with van der Waals surface area (Å²) in [6.07, 6.45) is 2.91. The van der Waals surface area contributed by atoms with E-state index in [4.69, 9.17) is 8.94 Å². The normalized spacial score (nSPS) is 22.0. The third-order valence-electron chi connectivity index (χ3n) is 3.95. The van der Waals surface area contributed by atoms with E-state index < -0.39 is 0 Å². The van der Waals surface area contributed by atoms with Crippen molar-refractivity contribution in [1.29, 1.82) is 0 Å². The van der Waals surface area contributed by atoms with Gasteiger partial charge in [0, 0.05) is 32.2 Å². The molecule has 0 radical (unpaired) electrons. The number of hydrogen-bond donors (Lipinski definition) is 1. The van der Waals surface area contributed by atoms with E-state index >= 15 is 0 Å². The van der Waals surface area contributed by atoms with Gasteiger partial charge in [-0.2, -0.15) is 4.98 Å². The summed E-state index contributed by atoms with van der Waals surface area (Å²) in [6, 6.07) is 2.21. The maximum atomic E-state index is 9.52. The van der Waals surface area contributed by atoms with Crippen molar-refractivity contribution >= 4 is 0 Å². The first-order valence-electron chi connectivity index (χ1n) is 7.61. The molecule has 3 heterocycles. The number of rotatable bonds is 5. The Labute approximate surface area is 129 Å². The number of aliphatic hydroxyl groups is 1. The Morgan fingerprint density at radius 1 is 1.45 bits per heavy atom. The first-order valence-corrected chi connectivity index (χ1v) is 7.61. The van der Waals surface area contributed by atoms with Gasteiger partial charge in [0.2, 0.25) is 11.7 Å². The van der Waals surface area contributed by atoms with E-state index in [1.807, 2.05) is 13.0 Å². The molecule has 0 amide bonds. The predicted octanol–water partition coefficient (Wildman–Crippen LogP) is 1.22. The summed E-state index contributed by atoms with van der Waals surface area (Å²) in [7, 11) is 0. The van der Waals surface area contributed by atoms with Crippen LogP contribution in [0.3, 0.4) is 0 Å². The third-order valence-corrected chi connectivity index (χ3v) is 3.95. The van der Waals surface area contributed by atoms with Crippen molar-refractivity contribution in [2.75, 3.05) is 26.2 Å². The number of aromatic nitrogens is 2. The van der Waals surface area contributed by atoms with Crippen molar-refractivity contribution < 1.29 is 14.0 Å². The molecule has 7 heteroatoms. The smallest absolute Gasteiger partial charge is 0.241 e. The van der Waals surface area contributed by atoms with Gasteiger partial charge in [-0.3, -0.25) is 9.80 Å². The van der Waals surface area contributed by atoms with Crippen LogP contribution in [0.5, 0.6) is 0 Å². The molecule has 2 atom stereocenters. The van der Waals surface area contributed by atoms with E-state index in [2.05, 4.69) is 26.9 Å². The van der Waals surface area contributed by atoms with Crippen LogP contribution in [0, 0.1) is 0 Å². The van der Waals surface area contributed by atoms with E-state index in [1.165, 1.54) is 0 Å².